The Kier molecular flexibility index (Phi) is 60.8. The number of nitrogens with one attached hydrogen (secondary N) is 1. The van der Waals surface area contributed by atoms with Gasteiger partial charge in [-0.25, -0.2) is 10.5 Å². The third kappa shape index (κ3) is 32.7. The number of Topliss-reactive ketones (excluding diaryl/α,β-unsaturated/α-hetero) is 1. The Hall–Kier alpha value is 0.875. The molecule has 0 aromatic heterocycles. The van der Waals surface area contributed by atoms with Gasteiger partial charge in [-0.05, 0) is 433 Å². The molecule has 1 aliphatic heterocycles. The Labute approximate surface area is 972 Å². The van der Waals surface area contributed by atoms with Gasteiger partial charge in [0.2, 0.25) is 5.91 Å². The first-order valence-electron chi connectivity index (χ1n) is 56.7. The van der Waals surface area contributed by atoms with Crippen LogP contribution >= 0.6 is 12.4 Å². The predicted molar refractivity (Wildman–Crippen MR) is 628 cm³/mol. The van der Waals surface area contributed by atoms with Gasteiger partial charge in [0.15, 0.2) is 0 Å². The van der Waals surface area contributed by atoms with Crippen molar-refractivity contribution >= 4 is 183 Å². The second-order valence-electron chi connectivity index (χ2n) is 50.9. The van der Waals surface area contributed by atoms with Gasteiger partial charge in [0.25, 0.3) is 0 Å². The summed E-state index contributed by atoms with van der Waals surface area (Å²) in [5, 5.41) is 68.5. The van der Waals surface area contributed by atoms with E-state index in [-0.39, 0.29) is 150 Å². The molecule has 17 rings (SSSR count). The maximum atomic E-state index is 12.2. The van der Waals surface area contributed by atoms with Crippen molar-refractivity contribution < 1.29 is 113 Å². The van der Waals surface area contributed by atoms with Crippen LogP contribution in [0, 0.1) is 169 Å². The van der Waals surface area contributed by atoms with Gasteiger partial charge in [-0.1, -0.05) is 137 Å². The molecule has 792 valence electrons. The average Bonchev–Trinajstić information content (AvgIpc) is 1.40. The minimum absolute atomic E-state index is 0. The number of carbonyl (C=O) groups excluding carboxylic acids is 2. The third-order valence-electron chi connectivity index (χ3n) is 43.5. The van der Waals surface area contributed by atoms with E-state index in [1.807, 2.05) is 6.92 Å². The Morgan fingerprint density at radius 3 is 0.980 bits per heavy atom. The molecule has 15 nitrogen and oxygen atoms in total. The number of nitrogens with zero attached hydrogens (tertiary/aromatic N) is 1. The van der Waals surface area contributed by atoms with E-state index in [0.29, 0.717) is 85.6 Å². The summed E-state index contributed by atoms with van der Waals surface area (Å²) in [7, 11) is 58.5. The van der Waals surface area contributed by atoms with E-state index in [1.165, 1.54) is 179 Å². The van der Waals surface area contributed by atoms with Gasteiger partial charge in [0.05, 0.1) is 44.7 Å². The number of carboxylic acids is 1. The number of carbonyl (C=O) groups is 3. The van der Waals surface area contributed by atoms with Crippen LogP contribution < -0.4 is 52.0 Å². The number of hydrogen-bond acceptors (Lipinski definition) is 13. The second-order valence-corrected chi connectivity index (χ2v) is 50.9. The molecule has 0 aromatic rings. The quantitative estimate of drug-likeness (QED) is 0.0184. The van der Waals surface area contributed by atoms with Crippen LogP contribution in [0.4, 0.5) is 0 Å². The Morgan fingerprint density at radius 1 is 0.483 bits per heavy atom. The molecule has 1 saturated heterocycles. The Morgan fingerprint density at radius 2 is 0.755 bits per heavy atom. The fourth-order valence-electron chi connectivity index (χ4n) is 35.7. The number of ketones is 1. The van der Waals surface area contributed by atoms with Gasteiger partial charge in [-0.15, -0.1) is 12.4 Å². The van der Waals surface area contributed by atoms with Crippen LogP contribution in [0.5, 0.6) is 0 Å². The van der Waals surface area contributed by atoms with E-state index < -0.39 is 50.7 Å². The number of aliphatic hydroxyl groups is 6. The van der Waals surface area contributed by atoms with Crippen LogP contribution in [-0.2, 0) is 28.8 Å². The van der Waals surface area contributed by atoms with Crippen LogP contribution in [0.1, 0.15) is 382 Å². The summed E-state index contributed by atoms with van der Waals surface area (Å²) >= 11 is 0. The first kappa shape index (κ1) is 142. The van der Waals surface area contributed by atoms with E-state index in [0.717, 1.165) is 198 Å². The number of aliphatic hydroxyl groups excluding tert-OH is 6. The van der Waals surface area contributed by atoms with E-state index >= 15 is 0 Å². The zero-order chi connectivity index (χ0) is 103. The molecule has 37 heteroatoms. The molecule has 33 atom stereocenters. The van der Waals surface area contributed by atoms with Crippen molar-refractivity contribution in [2.45, 2.75) is 411 Å². The average molecular weight is 2110 g/mol. The topological polar surface area (TPSA) is 236 Å². The monoisotopic (exact) mass is 2110 g/mol. The van der Waals surface area contributed by atoms with Crippen molar-refractivity contribution in [1.29, 1.82) is 0 Å². The number of amides is 1. The summed E-state index contributed by atoms with van der Waals surface area (Å²) in [5.74, 6) is 15.3. The third-order valence-corrected chi connectivity index (χ3v) is 43.5. The van der Waals surface area contributed by atoms with Gasteiger partial charge in [-0.3, -0.25) is 14.4 Å². The van der Waals surface area contributed by atoms with E-state index in [2.05, 4.69) is 118 Å². The van der Waals surface area contributed by atoms with Gasteiger partial charge >= 0.3 is 58.6 Å². The largest absolute Gasteiger partial charge is 2.00 e. The summed E-state index contributed by atoms with van der Waals surface area (Å²) in [6.07, 6.45) is 53.1. The van der Waals surface area contributed by atoms with Crippen molar-refractivity contribution in [1.82, 2.24) is 10.5 Å². The van der Waals surface area contributed by atoms with Gasteiger partial charge in [-0.2, -0.15) is 0 Å². The maximum absolute atomic E-state index is 12.2. The molecule has 0 bridgehead atoms. The molecule has 13 unspecified atom stereocenters. The zero-order valence-corrected chi connectivity index (χ0v) is 101. The molecular weight excluding hydrogens is 1910 g/mol. The molecule has 0 aromatic carbocycles. The van der Waals surface area contributed by atoms with Crippen LogP contribution in [0.2, 0.25) is 0 Å². The first-order valence-corrected chi connectivity index (χ1v) is 56.7. The van der Waals surface area contributed by atoms with Crippen molar-refractivity contribution in [2.24, 2.45) is 162 Å². The van der Waals surface area contributed by atoms with E-state index in [9.17, 15) is 39.9 Å². The molecule has 16 aliphatic carbocycles. The van der Waals surface area contributed by atoms with E-state index in [1.54, 1.807) is 64.5 Å². The predicted octanol–water partition coefficient (Wildman–Crippen LogP) is 11.4. The van der Waals surface area contributed by atoms with Crippen molar-refractivity contribution in [3.63, 3.8) is 0 Å². The molecule has 17 aliphatic rings. The van der Waals surface area contributed by atoms with Gasteiger partial charge in [0, 0.05) is 183 Å². The van der Waals surface area contributed by atoms with Crippen LogP contribution in [-0.4, -0.2) is 290 Å². The van der Waals surface area contributed by atoms with Gasteiger partial charge < -0.3 is 75.9 Å². The molecule has 13 fully saturated rings. The van der Waals surface area contributed by atoms with Gasteiger partial charge in [0.1, 0.15) is 5.78 Å². The van der Waals surface area contributed by atoms with Crippen molar-refractivity contribution in [3.8, 4) is 0 Å². The van der Waals surface area contributed by atoms with Crippen LogP contribution in [0.15, 0.2) is 46.6 Å². The second kappa shape index (κ2) is 62.9. The standard InChI is InChI=1S/C26H43NO3.C25H42O2.C25H40O2.C24H38O3.C4H8O.C2H7NO.C2H6O.CH4.CH3.B17.B.BrH.ClH.Mg.Na.H/c1-17(6-11-24(29)27(4)30-5)21-9-10-22-20-8-7-18-16-19(28)12-14-25(18,2)23(20)13-15-26(21,22)3;2*1-16(5-6-17(2)26)21-9-10-22-20-8-7-18-15-19(27)11-13-24(18,3)23(20)12-14-25(21,22)4;1-15(4-9-22(26)27)19-7-8-20-18-6-5-16-14-17(25)10-12-23(16,2)21(18)11-13-24(19,20)3;1-2-4-5-3-1;1-3-4-2;1-2-3;;;1-10-15(11(2)3)17(14(8)9)16(12(4)5)13(6)7;;;;;;/h7,17,19-23,28H,6,8-16H2,1-5H3;7,16-17,19-23,26-27H,5-6,8-15H2,1-4H3;7,16,19-23,27H,5-6,8-15H2,1-4H3;5,15,17-21,25H,4,6-14H2,1-3H3,(H,26,27);1-4H2;3H,1-2H3;3H,2H2,1H3;1H4;1H3;;;2*1H;;;/q;;;;;;;;-1;;;;;+2;+1;-1/p-1/t17-,19+,20?,21-,22?,23?,25+,26-;16-,17?,19+,20?,21-,22?,23?,24+,25-;16-,19+,20?,21-,22?,23?,24+,25-;15-,17+,18?,19-,20?,21?,23+,24-;;;;;;;;;;;;/m1111............/s1. The molecule has 147 heavy (non-hydrogen) atoms. The number of carboxylic acid groups (broad SMARTS) is 1. The molecule has 12 saturated carbocycles. The minimum atomic E-state index is -0.796. The number of hydroxylamine groups is 3. The molecule has 0 spiro atoms. The van der Waals surface area contributed by atoms with E-state index in [4.69, 9.17) is 89.4 Å². The van der Waals surface area contributed by atoms with Crippen molar-refractivity contribution in [2.75, 3.05) is 48.1 Å². The smallest absolute Gasteiger partial charge is 1.00 e. The maximum Gasteiger partial charge on any atom is 2.00 e. The zero-order valence-electron chi connectivity index (χ0n) is 96.5. The summed E-state index contributed by atoms with van der Waals surface area (Å²) in [5.41, 5.74) is 11.9. The number of ether oxygens (including phenoxy) is 1. The number of allylic oxidation sites excluding steroid dienone is 4. The number of fused-ring (bicyclic) bond motifs is 20. The first-order chi connectivity index (χ1) is 66.0. The number of rotatable bonds is 25. The molecular formula is C110H193B18BrClMgN2NaO13. The molecule has 8 N–H and O–H groups in total. The summed E-state index contributed by atoms with van der Waals surface area (Å²) in [6.45, 7) is 37.5. The fourth-order valence-corrected chi connectivity index (χ4v) is 35.7. The SMILES string of the molecule is C.C1CCOC1.CC(=O)CC[C@@H](C)[C@H]1CCC2C3CC=C4C[C@@H](O)CC[C@]4(C)C3CC[C@@]21C.CC(O)CC[C@@H](C)[C@H]1CCC2C3CC=C4C[C@@H](O)CC[C@]4(C)C3CC[C@@]21C.CCO.CNOC.CON(C)C(=O)CC[C@@H](C)[C@H]1CCC2C3CC=C4C[C@@H](O)CC[C@]4(C)C3CC[C@@]21C.C[C@H](CCC(=O)O)[C@H]1CCC2C3CC=C4C[C@@H](O)CC[C@]4(C)C3CC[C@@]21C.Cl.[B].[B][B]B(B([B])[B])B(B([B])[B])B(B([B])[B])B([B])[B].[Br-].[CH3-].[H-].[Mg+2].[Na+]. The molecule has 22 radical (unpaired) electrons. The van der Waals surface area contributed by atoms with Crippen LogP contribution in [0.25, 0.3) is 0 Å². The number of aliphatic carboxylic acids is 1. The summed E-state index contributed by atoms with van der Waals surface area (Å²) in [4.78, 5) is 44.1. The number of hydrogen-bond donors (Lipinski definition) is 8. The molecule has 1 amide bonds. The Bertz CT molecular complexity index is 3950. The minimum Gasteiger partial charge on any atom is -1.00 e. The molecule has 1 heterocycles. The summed E-state index contributed by atoms with van der Waals surface area (Å²) < 4.78 is 4.94. The fraction of sp³-hybridized carbons (Fsp3) is 0.891. The van der Waals surface area contributed by atoms with Crippen molar-refractivity contribution in [3.05, 3.63) is 54.0 Å². The van der Waals surface area contributed by atoms with Crippen LogP contribution in [0.3, 0.4) is 0 Å². The summed E-state index contributed by atoms with van der Waals surface area (Å²) in [6, 6.07) is 0. The Balaban J connectivity index is 0.000000604. The normalized spacial score (nSPS) is 37.5. The number of halogens is 2.